The lowest BCUT2D eigenvalue weighted by Crippen LogP contribution is -2.04. The molecule has 7 heteroatoms. The number of nitrogens with zero attached hydrogens (tertiary/aromatic N) is 2. The Morgan fingerprint density at radius 3 is 2.50 bits per heavy atom. The second-order valence-corrected chi connectivity index (χ2v) is 8.23. The SMILES string of the molecule is CCCn1c(-c2ccc(OCc3ccc(Cl)cc3)c(OC)c2)nc2cc(C(=O)OCC)ccc21. The average Bonchev–Trinajstić information content (AvgIpc) is 3.21. The van der Waals surface area contributed by atoms with Gasteiger partial charge in [-0.15, -0.1) is 0 Å². The Morgan fingerprint density at radius 2 is 1.79 bits per heavy atom. The lowest BCUT2D eigenvalue weighted by atomic mass is 10.2. The molecular weight excluding hydrogens is 452 g/mol. The van der Waals surface area contributed by atoms with Gasteiger partial charge in [-0.3, -0.25) is 0 Å². The van der Waals surface area contributed by atoms with Crippen LogP contribution in [-0.2, 0) is 17.9 Å². The molecule has 1 heterocycles. The normalized spacial score (nSPS) is 10.9. The van der Waals surface area contributed by atoms with Gasteiger partial charge in [0.25, 0.3) is 0 Å². The molecule has 0 aliphatic heterocycles. The predicted molar refractivity (Wildman–Crippen MR) is 134 cm³/mol. The number of imidazole rings is 1. The fourth-order valence-electron chi connectivity index (χ4n) is 3.81. The van der Waals surface area contributed by atoms with Gasteiger partial charge in [0.05, 0.1) is 30.3 Å². The molecule has 1 aromatic heterocycles. The number of carbonyl (C=O) groups excluding carboxylic acids is 1. The minimum absolute atomic E-state index is 0.332. The lowest BCUT2D eigenvalue weighted by Gasteiger charge is -2.13. The molecule has 0 spiro atoms. The Labute approximate surface area is 204 Å². The Bertz CT molecular complexity index is 1300. The number of hydrogen-bond acceptors (Lipinski definition) is 5. The molecule has 0 saturated heterocycles. The van der Waals surface area contributed by atoms with Crippen LogP contribution in [0.4, 0.5) is 0 Å². The molecule has 0 N–H and O–H groups in total. The van der Waals surface area contributed by atoms with Crippen molar-refractivity contribution in [2.24, 2.45) is 0 Å². The summed E-state index contributed by atoms with van der Waals surface area (Å²) >= 11 is 5.96. The van der Waals surface area contributed by atoms with Gasteiger partial charge in [0.2, 0.25) is 0 Å². The fourth-order valence-corrected chi connectivity index (χ4v) is 3.94. The lowest BCUT2D eigenvalue weighted by molar-refractivity contribution is 0.0526. The van der Waals surface area contributed by atoms with Crippen molar-refractivity contribution >= 4 is 28.6 Å². The zero-order valence-electron chi connectivity index (χ0n) is 19.5. The number of methoxy groups -OCH3 is 1. The van der Waals surface area contributed by atoms with E-state index in [1.165, 1.54) is 0 Å². The van der Waals surface area contributed by atoms with E-state index >= 15 is 0 Å². The molecular formula is C27H27ClN2O4. The van der Waals surface area contributed by atoms with E-state index in [2.05, 4.69) is 11.5 Å². The van der Waals surface area contributed by atoms with Crippen molar-refractivity contribution < 1.29 is 19.0 Å². The van der Waals surface area contributed by atoms with Gasteiger partial charge in [0.1, 0.15) is 12.4 Å². The third-order valence-corrected chi connectivity index (χ3v) is 5.69. The summed E-state index contributed by atoms with van der Waals surface area (Å²) in [5, 5.41) is 0.690. The van der Waals surface area contributed by atoms with E-state index in [0.29, 0.717) is 35.3 Å². The van der Waals surface area contributed by atoms with Crippen LogP contribution in [0.25, 0.3) is 22.4 Å². The molecule has 3 aromatic carbocycles. The maximum atomic E-state index is 12.2. The van der Waals surface area contributed by atoms with Crippen molar-refractivity contribution in [3.8, 4) is 22.9 Å². The summed E-state index contributed by atoms with van der Waals surface area (Å²) in [6.45, 7) is 5.44. The van der Waals surface area contributed by atoms with Crippen molar-refractivity contribution in [2.75, 3.05) is 13.7 Å². The third kappa shape index (κ3) is 5.02. The van der Waals surface area contributed by atoms with Crippen LogP contribution in [0.5, 0.6) is 11.5 Å². The van der Waals surface area contributed by atoms with Crippen LogP contribution in [0.3, 0.4) is 0 Å². The molecule has 6 nitrogen and oxygen atoms in total. The summed E-state index contributed by atoms with van der Waals surface area (Å²) in [6.07, 6.45) is 0.942. The van der Waals surface area contributed by atoms with E-state index in [1.807, 2.05) is 48.5 Å². The molecule has 0 amide bonds. The van der Waals surface area contributed by atoms with Crippen molar-refractivity contribution in [3.05, 3.63) is 76.8 Å². The van der Waals surface area contributed by atoms with Gasteiger partial charge in [-0.2, -0.15) is 0 Å². The summed E-state index contributed by atoms with van der Waals surface area (Å²) in [5.74, 6) is 1.72. The highest BCUT2D eigenvalue weighted by atomic mass is 35.5. The monoisotopic (exact) mass is 478 g/mol. The standard InChI is InChI=1S/C27H27ClN2O4/c1-4-14-30-23-12-8-20(27(31)33-5-2)15-22(23)29-26(30)19-9-13-24(25(16-19)32-3)34-17-18-6-10-21(28)11-7-18/h6-13,15-16H,4-5,14,17H2,1-3H3. The molecule has 0 radical (unpaired) electrons. The number of rotatable bonds is 9. The first kappa shape index (κ1) is 23.6. The molecule has 0 bridgehead atoms. The summed E-state index contributed by atoms with van der Waals surface area (Å²) < 4.78 is 18.9. The second kappa shape index (κ2) is 10.6. The van der Waals surface area contributed by atoms with E-state index in [9.17, 15) is 4.79 Å². The summed E-state index contributed by atoms with van der Waals surface area (Å²) in [4.78, 5) is 17.0. The van der Waals surface area contributed by atoms with Gasteiger partial charge in [-0.1, -0.05) is 30.7 Å². The molecule has 0 saturated carbocycles. The van der Waals surface area contributed by atoms with Crippen LogP contribution in [0.2, 0.25) is 5.02 Å². The first-order valence-electron chi connectivity index (χ1n) is 11.3. The highest BCUT2D eigenvalue weighted by Crippen LogP contribution is 2.34. The highest BCUT2D eigenvalue weighted by molar-refractivity contribution is 6.30. The minimum Gasteiger partial charge on any atom is -0.493 e. The van der Waals surface area contributed by atoms with Gasteiger partial charge >= 0.3 is 5.97 Å². The number of fused-ring (bicyclic) bond motifs is 1. The molecule has 0 aliphatic rings. The summed E-state index contributed by atoms with van der Waals surface area (Å²) in [5.41, 5.74) is 4.12. The Hall–Kier alpha value is -3.51. The minimum atomic E-state index is -0.347. The molecule has 0 unspecified atom stereocenters. The van der Waals surface area contributed by atoms with E-state index < -0.39 is 0 Å². The molecule has 0 fully saturated rings. The third-order valence-electron chi connectivity index (χ3n) is 5.44. The van der Waals surface area contributed by atoms with Gasteiger partial charge < -0.3 is 18.8 Å². The number of benzene rings is 3. The van der Waals surface area contributed by atoms with Gasteiger partial charge in [0, 0.05) is 17.1 Å². The number of ether oxygens (including phenoxy) is 3. The molecule has 34 heavy (non-hydrogen) atoms. The van der Waals surface area contributed by atoms with Gasteiger partial charge in [-0.25, -0.2) is 9.78 Å². The summed E-state index contributed by atoms with van der Waals surface area (Å²) in [6, 6.07) is 18.8. The zero-order valence-corrected chi connectivity index (χ0v) is 20.3. The van der Waals surface area contributed by atoms with E-state index in [-0.39, 0.29) is 5.97 Å². The van der Waals surface area contributed by atoms with Crippen LogP contribution >= 0.6 is 11.6 Å². The second-order valence-electron chi connectivity index (χ2n) is 7.79. The smallest absolute Gasteiger partial charge is 0.338 e. The quantitative estimate of drug-likeness (QED) is 0.256. The van der Waals surface area contributed by atoms with E-state index in [1.54, 1.807) is 26.2 Å². The average molecular weight is 479 g/mol. The Balaban J connectivity index is 1.67. The van der Waals surface area contributed by atoms with Crippen molar-refractivity contribution in [2.45, 2.75) is 33.4 Å². The predicted octanol–water partition coefficient (Wildman–Crippen LogP) is 6.53. The zero-order chi connectivity index (χ0) is 24.1. The van der Waals surface area contributed by atoms with Crippen LogP contribution in [0.15, 0.2) is 60.7 Å². The van der Waals surface area contributed by atoms with Crippen LogP contribution in [0, 0.1) is 0 Å². The number of aryl methyl sites for hydroxylation is 1. The molecule has 4 aromatic rings. The Kier molecular flexibility index (Phi) is 7.38. The number of halogens is 1. The maximum Gasteiger partial charge on any atom is 0.338 e. The van der Waals surface area contributed by atoms with Crippen LogP contribution in [0.1, 0.15) is 36.2 Å². The number of esters is 1. The van der Waals surface area contributed by atoms with Crippen molar-refractivity contribution in [1.29, 1.82) is 0 Å². The fraction of sp³-hybridized carbons (Fsp3) is 0.259. The molecule has 0 atom stereocenters. The topological polar surface area (TPSA) is 62.6 Å². The van der Waals surface area contributed by atoms with Gasteiger partial charge in [-0.05, 0) is 67.4 Å². The molecule has 0 aliphatic carbocycles. The largest absolute Gasteiger partial charge is 0.493 e. The van der Waals surface area contributed by atoms with Crippen molar-refractivity contribution in [1.82, 2.24) is 9.55 Å². The van der Waals surface area contributed by atoms with Crippen LogP contribution < -0.4 is 9.47 Å². The van der Waals surface area contributed by atoms with Gasteiger partial charge in [0.15, 0.2) is 11.5 Å². The number of hydrogen-bond donors (Lipinski definition) is 0. The van der Waals surface area contributed by atoms with Crippen molar-refractivity contribution in [3.63, 3.8) is 0 Å². The first-order valence-corrected chi connectivity index (χ1v) is 11.6. The maximum absolute atomic E-state index is 12.2. The molecule has 176 valence electrons. The number of aromatic nitrogens is 2. The summed E-state index contributed by atoms with van der Waals surface area (Å²) in [7, 11) is 1.62. The first-order chi connectivity index (χ1) is 16.5. The van der Waals surface area contributed by atoms with E-state index in [4.69, 9.17) is 30.8 Å². The number of carbonyl (C=O) groups is 1. The van der Waals surface area contributed by atoms with E-state index in [0.717, 1.165) is 41.0 Å². The molecule has 4 rings (SSSR count). The Morgan fingerprint density at radius 1 is 1.00 bits per heavy atom. The van der Waals surface area contributed by atoms with Crippen LogP contribution in [-0.4, -0.2) is 29.2 Å². The highest BCUT2D eigenvalue weighted by Gasteiger charge is 2.17.